The monoisotopic (exact) mass is 398 g/mol. The lowest BCUT2D eigenvalue weighted by Crippen LogP contribution is -2.51. The van der Waals surface area contributed by atoms with Crippen molar-refractivity contribution in [1.82, 2.24) is 19.8 Å². The van der Waals surface area contributed by atoms with Gasteiger partial charge in [-0.15, -0.1) is 11.3 Å². The molecule has 0 radical (unpaired) electrons. The van der Waals surface area contributed by atoms with Crippen molar-refractivity contribution in [2.24, 2.45) is 0 Å². The SMILES string of the molecule is COc1cccc2nc(C(=O)N3CCN(C(=O)Oc4cccnc4)CC3)sc12. The van der Waals surface area contributed by atoms with E-state index in [4.69, 9.17) is 9.47 Å². The Labute approximate surface area is 165 Å². The largest absolute Gasteiger partial charge is 0.495 e. The number of methoxy groups -OCH3 is 1. The van der Waals surface area contributed by atoms with Gasteiger partial charge in [-0.25, -0.2) is 9.78 Å². The lowest BCUT2D eigenvalue weighted by atomic mass is 10.3. The lowest BCUT2D eigenvalue weighted by Gasteiger charge is -2.33. The van der Waals surface area contributed by atoms with Crippen LogP contribution in [0.5, 0.6) is 11.5 Å². The second-order valence-corrected chi connectivity index (χ2v) is 7.16. The molecule has 0 spiro atoms. The Bertz CT molecular complexity index is 1000. The summed E-state index contributed by atoms with van der Waals surface area (Å²) in [7, 11) is 1.60. The van der Waals surface area contributed by atoms with Crippen molar-refractivity contribution in [2.45, 2.75) is 0 Å². The second kappa shape index (κ2) is 7.81. The maximum atomic E-state index is 12.8. The summed E-state index contributed by atoms with van der Waals surface area (Å²) in [6.45, 7) is 1.65. The number of thiazole rings is 1. The van der Waals surface area contributed by atoms with Gasteiger partial charge < -0.3 is 19.3 Å². The number of amides is 2. The fourth-order valence-corrected chi connectivity index (χ4v) is 4.00. The molecule has 8 nitrogen and oxygen atoms in total. The van der Waals surface area contributed by atoms with E-state index in [1.54, 1.807) is 35.2 Å². The average Bonchev–Trinajstić information content (AvgIpc) is 3.18. The molecule has 1 fully saturated rings. The first-order valence-corrected chi connectivity index (χ1v) is 9.57. The van der Waals surface area contributed by atoms with Crippen molar-refractivity contribution in [3.05, 3.63) is 47.7 Å². The first-order valence-electron chi connectivity index (χ1n) is 8.75. The van der Waals surface area contributed by atoms with E-state index in [1.165, 1.54) is 17.5 Å². The van der Waals surface area contributed by atoms with Gasteiger partial charge in [-0.3, -0.25) is 9.78 Å². The van der Waals surface area contributed by atoms with Crippen LogP contribution in [0.3, 0.4) is 0 Å². The summed E-state index contributed by atoms with van der Waals surface area (Å²) in [5.74, 6) is 0.968. The molecule has 1 aliphatic heterocycles. The number of ether oxygens (including phenoxy) is 2. The standard InChI is InChI=1S/C19H18N4O4S/c1-26-15-6-2-5-14-16(15)28-17(21-14)18(24)22-8-10-23(11-9-22)19(25)27-13-4-3-7-20-12-13/h2-7,12H,8-11H2,1H3. The molecular weight excluding hydrogens is 380 g/mol. The number of carbonyl (C=O) groups is 2. The van der Waals surface area contributed by atoms with Crippen LogP contribution in [-0.4, -0.2) is 65.1 Å². The Morgan fingerprint density at radius 1 is 1.07 bits per heavy atom. The first-order chi connectivity index (χ1) is 13.7. The highest BCUT2D eigenvalue weighted by Gasteiger charge is 2.28. The molecule has 0 atom stereocenters. The Hall–Kier alpha value is -3.20. The molecule has 2 amide bonds. The number of hydrogen-bond acceptors (Lipinski definition) is 7. The third-order valence-electron chi connectivity index (χ3n) is 4.45. The fourth-order valence-electron chi connectivity index (χ4n) is 2.98. The third kappa shape index (κ3) is 3.61. The number of hydrogen-bond donors (Lipinski definition) is 0. The molecule has 0 saturated carbocycles. The number of fused-ring (bicyclic) bond motifs is 1. The van der Waals surface area contributed by atoms with Gasteiger partial charge in [-0.1, -0.05) is 6.07 Å². The summed E-state index contributed by atoms with van der Waals surface area (Å²) in [5.41, 5.74) is 0.742. The van der Waals surface area contributed by atoms with Gasteiger partial charge in [0.1, 0.15) is 5.75 Å². The van der Waals surface area contributed by atoms with Crippen molar-refractivity contribution in [3.63, 3.8) is 0 Å². The normalized spacial score (nSPS) is 14.2. The van der Waals surface area contributed by atoms with Crippen LogP contribution in [0.1, 0.15) is 9.80 Å². The van der Waals surface area contributed by atoms with E-state index >= 15 is 0 Å². The van der Waals surface area contributed by atoms with Crippen LogP contribution in [0, 0.1) is 0 Å². The number of carbonyl (C=O) groups excluding carboxylic acids is 2. The zero-order valence-corrected chi connectivity index (χ0v) is 16.0. The molecule has 4 rings (SSSR count). The van der Waals surface area contributed by atoms with Crippen LogP contribution in [0.4, 0.5) is 4.79 Å². The van der Waals surface area contributed by atoms with Gasteiger partial charge in [0.25, 0.3) is 5.91 Å². The molecule has 3 heterocycles. The van der Waals surface area contributed by atoms with E-state index in [0.29, 0.717) is 42.7 Å². The summed E-state index contributed by atoms with van der Waals surface area (Å²) < 4.78 is 11.5. The van der Waals surface area contributed by atoms with Crippen molar-refractivity contribution in [1.29, 1.82) is 0 Å². The van der Waals surface area contributed by atoms with Gasteiger partial charge in [0, 0.05) is 32.4 Å². The molecule has 0 unspecified atom stereocenters. The van der Waals surface area contributed by atoms with Gasteiger partial charge in [0.15, 0.2) is 10.8 Å². The van der Waals surface area contributed by atoms with Crippen LogP contribution in [0.2, 0.25) is 0 Å². The number of piperazine rings is 1. The molecular formula is C19H18N4O4S. The van der Waals surface area contributed by atoms with Gasteiger partial charge in [0.05, 0.1) is 23.5 Å². The number of rotatable bonds is 3. The Morgan fingerprint density at radius 2 is 1.86 bits per heavy atom. The van der Waals surface area contributed by atoms with Crippen LogP contribution < -0.4 is 9.47 Å². The van der Waals surface area contributed by atoms with E-state index < -0.39 is 6.09 Å². The Balaban J connectivity index is 1.39. The molecule has 1 aliphatic rings. The summed E-state index contributed by atoms with van der Waals surface area (Å²) in [4.78, 5) is 36.7. The number of pyridine rings is 1. The Kier molecular flexibility index (Phi) is 5.07. The minimum Gasteiger partial charge on any atom is -0.495 e. The highest BCUT2D eigenvalue weighted by atomic mass is 32.1. The van der Waals surface area contributed by atoms with Crippen LogP contribution in [0.25, 0.3) is 10.2 Å². The minimum absolute atomic E-state index is 0.136. The average molecular weight is 398 g/mol. The smallest absolute Gasteiger partial charge is 0.415 e. The molecule has 3 aromatic rings. The molecule has 28 heavy (non-hydrogen) atoms. The molecule has 1 aromatic carbocycles. The lowest BCUT2D eigenvalue weighted by molar-refractivity contribution is 0.0633. The van der Waals surface area contributed by atoms with Gasteiger partial charge in [-0.05, 0) is 24.3 Å². The van der Waals surface area contributed by atoms with E-state index in [2.05, 4.69) is 9.97 Å². The second-order valence-electron chi connectivity index (χ2n) is 6.16. The van der Waals surface area contributed by atoms with Crippen molar-refractivity contribution in [2.75, 3.05) is 33.3 Å². The third-order valence-corrected chi connectivity index (χ3v) is 5.52. The van der Waals surface area contributed by atoms with Crippen LogP contribution in [-0.2, 0) is 0 Å². The minimum atomic E-state index is -0.440. The molecule has 144 valence electrons. The van der Waals surface area contributed by atoms with E-state index in [9.17, 15) is 9.59 Å². The van der Waals surface area contributed by atoms with Crippen LogP contribution >= 0.6 is 11.3 Å². The number of aromatic nitrogens is 2. The molecule has 1 saturated heterocycles. The van der Waals surface area contributed by atoms with E-state index in [-0.39, 0.29) is 5.91 Å². The summed E-state index contributed by atoms with van der Waals surface area (Å²) >= 11 is 1.32. The highest BCUT2D eigenvalue weighted by Crippen LogP contribution is 2.31. The highest BCUT2D eigenvalue weighted by molar-refractivity contribution is 7.20. The molecule has 0 aliphatic carbocycles. The maximum Gasteiger partial charge on any atom is 0.415 e. The predicted molar refractivity (Wildman–Crippen MR) is 104 cm³/mol. The first kappa shape index (κ1) is 18.2. The summed E-state index contributed by atoms with van der Waals surface area (Å²) in [6.07, 6.45) is 2.66. The predicted octanol–water partition coefficient (Wildman–Crippen LogP) is 2.66. The van der Waals surface area contributed by atoms with Crippen molar-refractivity contribution in [3.8, 4) is 11.5 Å². The number of nitrogens with zero attached hydrogens (tertiary/aromatic N) is 4. The van der Waals surface area contributed by atoms with Crippen LogP contribution in [0.15, 0.2) is 42.7 Å². The van der Waals surface area contributed by atoms with Crippen molar-refractivity contribution < 1.29 is 19.1 Å². The van der Waals surface area contributed by atoms with Gasteiger partial charge in [0.2, 0.25) is 0 Å². The summed E-state index contributed by atoms with van der Waals surface area (Å²) in [6, 6.07) is 8.93. The fraction of sp³-hybridized carbons (Fsp3) is 0.263. The summed E-state index contributed by atoms with van der Waals surface area (Å²) in [5, 5.41) is 0.422. The molecule has 9 heteroatoms. The van der Waals surface area contributed by atoms with E-state index in [0.717, 1.165) is 10.2 Å². The Morgan fingerprint density at radius 3 is 2.57 bits per heavy atom. The zero-order valence-electron chi connectivity index (χ0n) is 15.2. The van der Waals surface area contributed by atoms with Gasteiger partial charge >= 0.3 is 6.09 Å². The van der Waals surface area contributed by atoms with E-state index in [1.807, 2.05) is 18.2 Å². The number of benzene rings is 1. The molecule has 0 bridgehead atoms. The molecule has 0 N–H and O–H groups in total. The zero-order chi connectivity index (χ0) is 19.5. The maximum absolute atomic E-state index is 12.8. The topological polar surface area (TPSA) is 84.9 Å². The quantitative estimate of drug-likeness (QED) is 0.674. The van der Waals surface area contributed by atoms with Crippen molar-refractivity contribution >= 4 is 33.6 Å². The molecule has 2 aromatic heterocycles. The van der Waals surface area contributed by atoms with Gasteiger partial charge in [-0.2, -0.15) is 0 Å².